The minimum atomic E-state index is -3.88. The summed E-state index contributed by atoms with van der Waals surface area (Å²) in [6, 6.07) is 3.57. The summed E-state index contributed by atoms with van der Waals surface area (Å²) in [5, 5.41) is 0. The molecule has 0 spiro atoms. The van der Waals surface area contributed by atoms with E-state index in [4.69, 9.17) is 4.74 Å². The molecule has 114 valence electrons. The second kappa shape index (κ2) is 5.89. The maximum Gasteiger partial charge on any atom is 0.264 e. The Morgan fingerprint density at radius 2 is 1.81 bits per heavy atom. The number of benzene rings is 1. The molecule has 21 heavy (non-hydrogen) atoms. The Morgan fingerprint density at radius 3 is 2.33 bits per heavy atom. The molecule has 6 heteroatoms. The molecule has 0 atom stereocenters. The van der Waals surface area contributed by atoms with E-state index in [1.165, 1.54) is 6.26 Å². The first-order valence-electron chi connectivity index (χ1n) is 6.77. The smallest absolute Gasteiger partial charge is 0.264 e. The van der Waals surface area contributed by atoms with Crippen molar-refractivity contribution in [3.63, 3.8) is 0 Å². The maximum atomic E-state index is 12.4. The Kier molecular flexibility index (Phi) is 4.37. The molecule has 0 bridgehead atoms. The highest BCUT2D eigenvalue weighted by Gasteiger charge is 2.24. The number of carbonyl (C=O) groups excluding carboxylic acids is 1. The highest BCUT2D eigenvalue weighted by molar-refractivity contribution is 7.90. The molecule has 1 N–H and O–H groups in total. The minimum absolute atomic E-state index is 0.166. The number of nitrogens with one attached hydrogen (secondary N) is 1. The van der Waals surface area contributed by atoms with E-state index in [2.05, 4.69) is 4.72 Å². The molecular weight excluding hydrogens is 290 g/mol. The van der Waals surface area contributed by atoms with Crippen molar-refractivity contribution >= 4 is 15.9 Å². The van der Waals surface area contributed by atoms with Gasteiger partial charge in [0.2, 0.25) is 0 Å². The van der Waals surface area contributed by atoms with Gasteiger partial charge in [0.05, 0.1) is 23.3 Å². The molecule has 2 rings (SSSR count). The number of aryl methyl sites for hydroxylation is 3. The number of hydrogen-bond donors (Lipinski definition) is 1. The van der Waals surface area contributed by atoms with Crippen molar-refractivity contribution in [1.82, 2.24) is 4.72 Å². The van der Waals surface area contributed by atoms with E-state index in [0.29, 0.717) is 36.1 Å². The zero-order chi connectivity index (χ0) is 15.6. The molecule has 0 radical (unpaired) electrons. The van der Waals surface area contributed by atoms with Gasteiger partial charge in [-0.25, -0.2) is 13.1 Å². The van der Waals surface area contributed by atoms with Gasteiger partial charge < -0.3 is 4.74 Å². The standard InChI is InChI=1S/C15H19NO4S/c1-10-7-11(2)14(12(3)8-10)21(18,19)16-15(17)13-5-4-6-20-9-13/h7-9H,4-6H2,1-3H3,(H,16,17). The van der Waals surface area contributed by atoms with Crippen molar-refractivity contribution in [2.75, 3.05) is 6.61 Å². The van der Waals surface area contributed by atoms with Gasteiger partial charge in [-0.15, -0.1) is 0 Å². The van der Waals surface area contributed by atoms with Crippen molar-refractivity contribution in [3.8, 4) is 0 Å². The molecule has 0 fully saturated rings. The summed E-state index contributed by atoms with van der Waals surface area (Å²) >= 11 is 0. The number of rotatable bonds is 3. The maximum absolute atomic E-state index is 12.4. The van der Waals surface area contributed by atoms with E-state index in [-0.39, 0.29) is 4.90 Å². The first kappa shape index (κ1) is 15.6. The van der Waals surface area contributed by atoms with Crippen LogP contribution in [0.25, 0.3) is 0 Å². The van der Waals surface area contributed by atoms with Crippen LogP contribution >= 0.6 is 0 Å². The normalized spacial score (nSPS) is 15.1. The monoisotopic (exact) mass is 309 g/mol. The summed E-state index contributed by atoms with van der Waals surface area (Å²) in [5.41, 5.74) is 2.59. The molecular formula is C15H19NO4S. The fourth-order valence-corrected chi connectivity index (χ4v) is 4.00. The lowest BCUT2D eigenvalue weighted by Crippen LogP contribution is -2.33. The van der Waals surface area contributed by atoms with Crippen molar-refractivity contribution in [1.29, 1.82) is 0 Å². The third kappa shape index (κ3) is 3.44. The predicted octanol–water partition coefficient (Wildman–Crippen LogP) is 2.11. The first-order chi connectivity index (χ1) is 9.81. The molecule has 1 aliphatic rings. The van der Waals surface area contributed by atoms with E-state index in [9.17, 15) is 13.2 Å². The van der Waals surface area contributed by atoms with Crippen LogP contribution in [0.3, 0.4) is 0 Å². The van der Waals surface area contributed by atoms with E-state index >= 15 is 0 Å². The predicted molar refractivity (Wildman–Crippen MR) is 79.3 cm³/mol. The summed E-state index contributed by atoms with van der Waals surface area (Å²) < 4.78 is 32.1. The zero-order valence-electron chi connectivity index (χ0n) is 12.4. The number of hydrogen-bond acceptors (Lipinski definition) is 4. The van der Waals surface area contributed by atoms with Crippen LogP contribution in [0, 0.1) is 20.8 Å². The van der Waals surface area contributed by atoms with Gasteiger partial charge in [-0.1, -0.05) is 17.7 Å². The van der Waals surface area contributed by atoms with Gasteiger partial charge in [-0.2, -0.15) is 0 Å². The molecule has 1 aromatic rings. The Labute approximate surface area is 125 Å². The Morgan fingerprint density at radius 1 is 1.19 bits per heavy atom. The SMILES string of the molecule is Cc1cc(C)c(S(=O)(=O)NC(=O)C2=COCCC2)c(C)c1. The third-order valence-corrected chi connectivity index (χ3v) is 4.96. The molecule has 1 amide bonds. The van der Waals surface area contributed by atoms with Crippen LogP contribution in [0.2, 0.25) is 0 Å². The van der Waals surface area contributed by atoms with Gasteiger partial charge in [-0.3, -0.25) is 4.79 Å². The lowest BCUT2D eigenvalue weighted by molar-refractivity contribution is -0.116. The lowest BCUT2D eigenvalue weighted by atomic mass is 10.1. The molecule has 0 unspecified atom stereocenters. The van der Waals surface area contributed by atoms with E-state index in [0.717, 1.165) is 5.56 Å². The summed E-state index contributed by atoms with van der Waals surface area (Å²) in [4.78, 5) is 12.2. The van der Waals surface area contributed by atoms with Crippen LogP contribution in [0.4, 0.5) is 0 Å². The second-order valence-corrected chi connectivity index (χ2v) is 6.90. The molecule has 1 aromatic carbocycles. The van der Waals surface area contributed by atoms with Crippen molar-refractivity contribution < 1.29 is 17.9 Å². The molecule has 0 saturated heterocycles. The van der Waals surface area contributed by atoms with Crippen LogP contribution in [0.5, 0.6) is 0 Å². The van der Waals surface area contributed by atoms with Crippen LogP contribution in [0.1, 0.15) is 29.5 Å². The van der Waals surface area contributed by atoms with Crippen LogP contribution < -0.4 is 4.72 Å². The van der Waals surface area contributed by atoms with Crippen LogP contribution in [0.15, 0.2) is 28.9 Å². The average Bonchev–Trinajstić information content (AvgIpc) is 2.37. The first-order valence-corrected chi connectivity index (χ1v) is 8.25. The largest absolute Gasteiger partial charge is 0.501 e. The highest BCUT2D eigenvalue weighted by Crippen LogP contribution is 2.22. The number of sulfonamides is 1. The molecule has 5 nitrogen and oxygen atoms in total. The molecule has 0 aliphatic carbocycles. The zero-order valence-corrected chi connectivity index (χ0v) is 13.2. The summed E-state index contributed by atoms with van der Waals surface area (Å²) in [6.07, 6.45) is 2.57. The van der Waals surface area contributed by atoms with Crippen molar-refractivity contribution in [2.24, 2.45) is 0 Å². The quantitative estimate of drug-likeness (QED) is 0.928. The van der Waals surface area contributed by atoms with Gasteiger partial charge in [0.25, 0.3) is 15.9 Å². The number of carbonyl (C=O) groups is 1. The number of amides is 1. The molecule has 1 heterocycles. The number of ether oxygens (including phenoxy) is 1. The summed E-state index contributed by atoms with van der Waals surface area (Å²) in [7, 11) is -3.88. The third-order valence-electron chi connectivity index (χ3n) is 3.33. The Hall–Kier alpha value is -1.82. The van der Waals surface area contributed by atoms with Crippen molar-refractivity contribution in [2.45, 2.75) is 38.5 Å². The molecule has 0 saturated carbocycles. The van der Waals surface area contributed by atoms with Gasteiger partial charge >= 0.3 is 0 Å². The van der Waals surface area contributed by atoms with E-state index in [1.54, 1.807) is 26.0 Å². The Balaban J connectivity index is 2.31. The fourth-order valence-electron chi connectivity index (χ4n) is 2.56. The van der Waals surface area contributed by atoms with Crippen LogP contribution in [-0.4, -0.2) is 20.9 Å². The topological polar surface area (TPSA) is 72.5 Å². The summed E-state index contributed by atoms with van der Waals surface area (Å²) in [6.45, 7) is 5.91. The highest BCUT2D eigenvalue weighted by atomic mass is 32.2. The van der Waals surface area contributed by atoms with Gasteiger partial charge in [-0.05, 0) is 44.7 Å². The van der Waals surface area contributed by atoms with Crippen LogP contribution in [-0.2, 0) is 19.6 Å². The molecule has 1 aliphatic heterocycles. The van der Waals surface area contributed by atoms with E-state index in [1.807, 2.05) is 6.92 Å². The van der Waals surface area contributed by atoms with E-state index < -0.39 is 15.9 Å². The van der Waals surface area contributed by atoms with Crippen molar-refractivity contribution in [3.05, 3.63) is 40.7 Å². The summed E-state index contributed by atoms with van der Waals surface area (Å²) in [5.74, 6) is -0.617. The minimum Gasteiger partial charge on any atom is -0.501 e. The average molecular weight is 309 g/mol. The fraction of sp³-hybridized carbons (Fsp3) is 0.400. The van der Waals surface area contributed by atoms with Gasteiger partial charge in [0, 0.05) is 0 Å². The lowest BCUT2D eigenvalue weighted by Gasteiger charge is -2.16. The van der Waals surface area contributed by atoms with Gasteiger partial charge in [0.1, 0.15) is 0 Å². The second-order valence-electron chi connectivity index (χ2n) is 5.28. The molecule has 0 aromatic heterocycles. The Bertz CT molecular complexity index is 681. The van der Waals surface area contributed by atoms with Gasteiger partial charge in [0.15, 0.2) is 0 Å².